The summed E-state index contributed by atoms with van der Waals surface area (Å²) in [4.78, 5) is 4.62. The minimum atomic E-state index is -0.946. The number of hydrogen-bond acceptors (Lipinski definition) is 4. The Kier molecular flexibility index (Phi) is 3.14. The number of aliphatic hydroxyl groups is 2. The van der Waals surface area contributed by atoms with E-state index in [0.717, 1.165) is 28.3 Å². The zero-order valence-electron chi connectivity index (χ0n) is 13.1. The number of aliphatic hydroxyl groups excluding tert-OH is 2. The Hall–Kier alpha value is -2.37. The molecule has 0 radical (unpaired) electrons. The van der Waals surface area contributed by atoms with Gasteiger partial charge in [-0.2, -0.15) is 0 Å². The first kappa shape index (κ1) is 14.2. The lowest BCUT2D eigenvalue weighted by Crippen LogP contribution is -2.36. The molecule has 5 nitrogen and oxygen atoms in total. The standard InChI is InChI=1S/C18H19N3O2/c1-10-11(2)21-9-8-13-15(18(21)19-10)20-14(17(23)16(13)22)12-6-4-3-5-7-12/h3-9,14,16-17,20,22-23H,1-2H3/t14-,16?,17?/m1/s1. The smallest absolute Gasteiger partial charge is 0.161 e. The molecular weight excluding hydrogens is 290 g/mol. The van der Waals surface area contributed by atoms with E-state index in [1.54, 1.807) is 0 Å². The van der Waals surface area contributed by atoms with E-state index in [2.05, 4.69) is 10.3 Å². The van der Waals surface area contributed by atoms with Crippen LogP contribution in [0.25, 0.3) is 5.65 Å². The Labute approximate surface area is 134 Å². The van der Waals surface area contributed by atoms with Gasteiger partial charge in [0.25, 0.3) is 0 Å². The lowest BCUT2D eigenvalue weighted by Gasteiger charge is -2.35. The van der Waals surface area contributed by atoms with Crippen LogP contribution in [0.2, 0.25) is 0 Å². The van der Waals surface area contributed by atoms with E-state index >= 15 is 0 Å². The van der Waals surface area contributed by atoms with Gasteiger partial charge in [-0.1, -0.05) is 30.3 Å². The molecule has 0 spiro atoms. The van der Waals surface area contributed by atoms with Crippen molar-refractivity contribution in [3.05, 3.63) is 65.1 Å². The van der Waals surface area contributed by atoms with E-state index in [9.17, 15) is 10.2 Å². The number of aryl methyl sites for hydroxylation is 2. The quantitative estimate of drug-likeness (QED) is 0.646. The molecule has 3 N–H and O–H groups in total. The number of rotatable bonds is 1. The maximum atomic E-state index is 10.6. The van der Waals surface area contributed by atoms with Crippen molar-refractivity contribution in [2.75, 3.05) is 5.32 Å². The van der Waals surface area contributed by atoms with Gasteiger partial charge in [0.15, 0.2) is 5.65 Å². The number of hydrogen-bond donors (Lipinski definition) is 3. The van der Waals surface area contributed by atoms with E-state index in [0.29, 0.717) is 5.56 Å². The second kappa shape index (κ2) is 5.08. The molecule has 2 aromatic heterocycles. The van der Waals surface area contributed by atoms with Gasteiger partial charge in [-0.05, 0) is 25.5 Å². The predicted octanol–water partition coefficient (Wildman–Crippen LogP) is 2.51. The Bertz CT molecular complexity index is 873. The lowest BCUT2D eigenvalue weighted by molar-refractivity contribution is 0.00198. The van der Waals surface area contributed by atoms with Gasteiger partial charge in [-0.3, -0.25) is 0 Å². The summed E-state index contributed by atoms with van der Waals surface area (Å²) in [7, 11) is 0. The number of nitrogens with zero attached hydrogens (tertiary/aromatic N) is 2. The van der Waals surface area contributed by atoms with Crippen LogP contribution in [0.3, 0.4) is 0 Å². The lowest BCUT2D eigenvalue weighted by atomic mass is 9.89. The highest BCUT2D eigenvalue weighted by atomic mass is 16.3. The zero-order chi connectivity index (χ0) is 16.1. The Morgan fingerprint density at radius 1 is 1.09 bits per heavy atom. The van der Waals surface area contributed by atoms with Gasteiger partial charge in [0, 0.05) is 17.5 Å². The highest BCUT2D eigenvalue weighted by Crippen LogP contribution is 2.41. The summed E-state index contributed by atoms with van der Waals surface area (Å²) in [5.74, 6) is 0. The van der Waals surface area contributed by atoms with Crippen molar-refractivity contribution >= 4 is 11.3 Å². The van der Waals surface area contributed by atoms with Crippen LogP contribution < -0.4 is 5.32 Å². The van der Waals surface area contributed by atoms with Gasteiger partial charge in [0.2, 0.25) is 0 Å². The third kappa shape index (κ3) is 2.04. The van der Waals surface area contributed by atoms with Crippen molar-refractivity contribution < 1.29 is 10.2 Å². The number of aromatic nitrogens is 2. The molecule has 0 amide bonds. The molecule has 23 heavy (non-hydrogen) atoms. The molecular formula is C18H19N3O2. The predicted molar refractivity (Wildman–Crippen MR) is 88.4 cm³/mol. The molecule has 3 aromatic rings. The largest absolute Gasteiger partial charge is 0.388 e. The molecule has 1 aromatic carbocycles. The average molecular weight is 309 g/mol. The van der Waals surface area contributed by atoms with Crippen molar-refractivity contribution in [2.24, 2.45) is 0 Å². The molecule has 2 unspecified atom stereocenters. The van der Waals surface area contributed by atoms with Crippen LogP contribution in [0.15, 0.2) is 42.6 Å². The van der Waals surface area contributed by atoms with Gasteiger partial charge in [-0.25, -0.2) is 4.98 Å². The Morgan fingerprint density at radius 2 is 1.83 bits per heavy atom. The van der Waals surface area contributed by atoms with E-state index in [-0.39, 0.29) is 6.04 Å². The van der Waals surface area contributed by atoms with Crippen LogP contribution in [0, 0.1) is 13.8 Å². The fourth-order valence-corrected chi connectivity index (χ4v) is 3.30. The normalized spacial score (nSPS) is 23.6. The minimum absolute atomic E-state index is 0.373. The van der Waals surface area contributed by atoms with Crippen LogP contribution in [0.5, 0.6) is 0 Å². The highest BCUT2D eigenvalue weighted by Gasteiger charge is 2.36. The summed E-state index contributed by atoms with van der Waals surface area (Å²) in [6.45, 7) is 3.99. The number of anilines is 1. The van der Waals surface area contributed by atoms with Crippen LogP contribution in [0.4, 0.5) is 5.69 Å². The SMILES string of the molecule is Cc1nc2c3c(ccn2c1C)C(O)C(O)[C@@H](c1ccccc1)N3. The number of nitrogens with one attached hydrogen (secondary N) is 1. The Balaban J connectivity index is 1.90. The van der Waals surface area contributed by atoms with Gasteiger partial charge < -0.3 is 19.9 Å². The fourth-order valence-electron chi connectivity index (χ4n) is 3.30. The summed E-state index contributed by atoms with van der Waals surface area (Å²) in [5.41, 5.74) is 5.21. The highest BCUT2D eigenvalue weighted by molar-refractivity contribution is 5.75. The van der Waals surface area contributed by atoms with Crippen molar-refractivity contribution in [1.82, 2.24) is 9.38 Å². The molecule has 0 saturated carbocycles. The van der Waals surface area contributed by atoms with Gasteiger partial charge in [0.05, 0.1) is 17.4 Å². The molecule has 0 aliphatic carbocycles. The summed E-state index contributed by atoms with van der Waals surface area (Å²) in [5, 5.41) is 24.5. The van der Waals surface area contributed by atoms with E-state index in [4.69, 9.17) is 0 Å². The van der Waals surface area contributed by atoms with Gasteiger partial charge >= 0.3 is 0 Å². The van der Waals surface area contributed by atoms with Crippen molar-refractivity contribution in [3.63, 3.8) is 0 Å². The third-order valence-corrected chi connectivity index (χ3v) is 4.74. The van der Waals surface area contributed by atoms with Gasteiger partial charge in [-0.15, -0.1) is 0 Å². The van der Waals surface area contributed by atoms with Crippen molar-refractivity contribution in [3.8, 4) is 0 Å². The second-order valence-corrected chi connectivity index (χ2v) is 6.09. The number of pyridine rings is 1. The number of fused-ring (bicyclic) bond motifs is 3. The topological polar surface area (TPSA) is 69.8 Å². The van der Waals surface area contributed by atoms with E-state index in [1.165, 1.54) is 0 Å². The maximum Gasteiger partial charge on any atom is 0.161 e. The van der Waals surface area contributed by atoms with Gasteiger partial charge in [0.1, 0.15) is 12.2 Å². The summed E-state index contributed by atoms with van der Waals surface area (Å²) in [6, 6.07) is 11.1. The van der Waals surface area contributed by atoms with Crippen molar-refractivity contribution in [2.45, 2.75) is 32.1 Å². The van der Waals surface area contributed by atoms with Crippen molar-refractivity contribution in [1.29, 1.82) is 0 Å². The molecule has 1 aliphatic heterocycles. The molecule has 1 aliphatic rings. The second-order valence-electron chi connectivity index (χ2n) is 6.09. The van der Waals surface area contributed by atoms with E-state index in [1.807, 2.05) is 60.8 Å². The first-order valence-electron chi connectivity index (χ1n) is 7.73. The summed E-state index contributed by atoms with van der Waals surface area (Å²) >= 11 is 0. The summed E-state index contributed by atoms with van der Waals surface area (Å²) < 4.78 is 2.01. The van der Waals surface area contributed by atoms with Crippen LogP contribution in [-0.4, -0.2) is 25.7 Å². The van der Waals surface area contributed by atoms with Crippen LogP contribution >= 0.6 is 0 Å². The molecule has 3 atom stereocenters. The average Bonchev–Trinajstić information content (AvgIpc) is 2.86. The molecule has 0 fully saturated rings. The minimum Gasteiger partial charge on any atom is -0.388 e. The molecule has 5 heteroatoms. The van der Waals surface area contributed by atoms with E-state index < -0.39 is 12.2 Å². The molecule has 0 saturated heterocycles. The number of benzene rings is 1. The monoisotopic (exact) mass is 309 g/mol. The zero-order valence-corrected chi connectivity index (χ0v) is 13.1. The Morgan fingerprint density at radius 3 is 2.57 bits per heavy atom. The first-order valence-corrected chi connectivity index (χ1v) is 7.73. The molecule has 118 valence electrons. The summed E-state index contributed by atoms with van der Waals surface area (Å²) in [6.07, 6.45) is 0.0347. The molecule has 4 rings (SSSR count). The molecule has 0 bridgehead atoms. The maximum absolute atomic E-state index is 10.6. The third-order valence-electron chi connectivity index (χ3n) is 4.74. The van der Waals surface area contributed by atoms with Crippen LogP contribution in [0.1, 0.15) is 34.7 Å². The fraction of sp³-hybridized carbons (Fsp3) is 0.278. The molecule has 3 heterocycles. The number of imidazole rings is 1. The van der Waals surface area contributed by atoms with Crippen LogP contribution in [-0.2, 0) is 0 Å². The first-order chi connectivity index (χ1) is 11.1.